The molecule has 0 saturated carbocycles. The molecule has 0 aromatic carbocycles. The van der Waals surface area contributed by atoms with Gasteiger partial charge in [-0.05, 0) is 33.4 Å². The topological polar surface area (TPSA) is 44.4 Å². The molecule has 0 spiro atoms. The third-order valence-corrected chi connectivity index (χ3v) is 11.0. The largest absolute Gasteiger partial charge is 0.311 e. The second-order valence-electron chi connectivity index (χ2n) is 15.2. The van der Waals surface area contributed by atoms with E-state index in [-0.39, 0.29) is 6.04 Å². The third kappa shape index (κ3) is 21.5. The zero-order chi connectivity index (χ0) is 33.4. The van der Waals surface area contributed by atoms with Gasteiger partial charge in [0.05, 0.1) is 0 Å². The number of carbonyl (C=O) groups is 1. The van der Waals surface area contributed by atoms with Gasteiger partial charge < -0.3 is 5.32 Å². The molecule has 0 aromatic rings. The molecule has 1 heterocycles. The molecule has 1 aliphatic rings. The summed E-state index contributed by atoms with van der Waals surface area (Å²) in [5.74, 6) is 0.397. The van der Waals surface area contributed by atoms with E-state index in [2.05, 4.69) is 43.4 Å². The molecule has 1 saturated heterocycles. The van der Waals surface area contributed by atoms with E-state index in [1.165, 1.54) is 193 Å². The number of unbranched alkanes of at least 4 members (excludes halogenated alkanes) is 29. The van der Waals surface area contributed by atoms with E-state index in [0.717, 1.165) is 26.1 Å². The summed E-state index contributed by atoms with van der Waals surface area (Å²) < 4.78 is 0. The van der Waals surface area contributed by atoms with Crippen LogP contribution in [0.2, 0.25) is 0 Å². The Hall–Kier alpha value is -0.450. The number of Topliss-reactive ketones (excluding diaryl/α,β-unsaturated/α-hetero) is 1. The lowest BCUT2D eigenvalue weighted by Crippen LogP contribution is -2.67. The van der Waals surface area contributed by atoms with Crippen molar-refractivity contribution in [1.29, 1.82) is 0 Å². The number of hydrogen-bond donors (Lipinski definition) is 2. The summed E-state index contributed by atoms with van der Waals surface area (Å²) in [6.07, 6.45) is 43.6. The van der Waals surface area contributed by atoms with E-state index in [4.69, 9.17) is 0 Å². The van der Waals surface area contributed by atoms with Crippen molar-refractivity contribution < 1.29 is 4.79 Å². The van der Waals surface area contributed by atoms with E-state index in [9.17, 15) is 4.79 Å². The Kier molecular flexibility index (Phi) is 30.1. The minimum absolute atomic E-state index is 0.139. The highest BCUT2D eigenvalue weighted by atomic mass is 16.1. The molecular formula is C42H85N3O. The van der Waals surface area contributed by atoms with E-state index in [1.54, 1.807) is 0 Å². The Bertz CT molecular complexity index is 655. The highest BCUT2D eigenvalue weighted by molar-refractivity contribution is 5.89. The molecule has 0 radical (unpaired) electrons. The molecule has 4 nitrogen and oxygen atoms in total. The van der Waals surface area contributed by atoms with Gasteiger partial charge in [-0.2, -0.15) is 0 Å². The van der Waals surface area contributed by atoms with Crippen molar-refractivity contribution in [2.75, 3.05) is 26.7 Å². The molecule has 2 atom stereocenters. The predicted molar refractivity (Wildman–Crippen MR) is 205 cm³/mol. The molecule has 0 aromatic heterocycles. The van der Waals surface area contributed by atoms with Gasteiger partial charge in [0.25, 0.3) is 0 Å². The molecule has 4 heteroatoms. The number of rotatable bonds is 36. The fourth-order valence-electron chi connectivity index (χ4n) is 7.75. The van der Waals surface area contributed by atoms with Crippen LogP contribution >= 0.6 is 0 Å². The molecule has 2 unspecified atom stereocenters. The van der Waals surface area contributed by atoms with E-state index in [1.807, 2.05) is 0 Å². The van der Waals surface area contributed by atoms with E-state index >= 15 is 0 Å². The van der Waals surface area contributed by atoms with Crippen LogP contribution < -0.4 is 10.6 Å². The summed E-state index contributed by atoms with van der Waals surface area (Å²) >= 11 is 0. The smallest absolute Gasteiger partial charge is 0.169 e. The minimum Gasteiger partial charge on any atom is -0.311 e. The van der Waals surface area contributed by atoms with Crippen molar-refractivity contribution in [1.82, 2.24) is 15.5 Å². The number of nitrogens with one attached hydrogen (secondary N) is 2. The second-order valence-corrected chi connectivity index (χ2v) is 15.2. The molecule has 46 heavy (non-hydrogen) atoms. The quantitative estimate of drug-likeness (QED) is 0.0664. The van der Waals surface area contributed by atoms with Crippen molar-refractivity contribution >= 4 is 5.78 Å². The van der Waals surface area contributed by atoms with Crippen LogP contribution in [-0.4, -0.2) is 49.1 Å². The van der Waals surface area contributed by atoms with Crippen molar-refractivity contribution in [2.45, 2.75) is 238 Å². The van der Waals surface area contributed by atoms with Gasteiger partial charge in [-0.3, -0.25) is 15.0 Å². The maximum Gasteiger partial charge on any atom is 0.169 e. The summed E-state index contributed by atoms with van der Waals surface area (Å²) in [5.41, 5.74) is -0.523. The van der Waals surface area contributed by atoms with Crippen molar-refractivity contribution in [2.24, 2.45) is 0 Å². The average Bonchev–Trinajstić information content (AvgIpc) is 3.46. The van der Waals surface area contributed by atoms with Gasteiger partial charge in [0, 0.05) is 25.6 Å². The summed E-state index contributed by atoms with van der Waals surface area (Å²) in [5, 5.41) is 7.40. The van der Waals surface area contributed by atoms with Gasteiger partial charge in [0.1, 0.15) is 5.66 Å². The molecule has 0 amide bonds. The van der Waals surface area contributed by atoms with Gasteiger partial charge in [0.2, 0.25) is 0 Å². The summed E-state index contributed by atoms with van der Waals surface area (Å²) in [6, 6.07) is 0.139. The summed E-state index contributed by atoms with van der Waals surface area (Å²) in [7, 11) is 2.14. The van der Waals surface area contributed by atoms with Crippen molar-refractivity contribution in [3.8, 4) is 0 Å². The lowest BCUT2D eigenvalue weighted by molar-refractivity contribution is -0.132. The molecule has 1 rings (SSSR count). The third-order valence-electron chi connectivity index (χ3n) is 11.0. The molecule has 0 bridgehead atoms. The molecular weight excluding hydrogens is 562 g/mol. The average molecular weight is 648 g/mol. The van der Waals surface area contributed by atoms with Gasteiger partial charge >= 0.3 is 0 Å². The SMILES string of the molecule is CCCCCCCCCCCCCCCCCCNC(C)C1(C(=O)CCCCCCCCCCCCCCCCC)NCCN1C. The summed E-state index contributed by atoms with van der Waals surface area (Å²) in [6.45, 7) is 9.70. The number of nitrogens with zero attached hydrogens (tertiary/aromatic N) is 1. The lowest BCUT2D eigenvalue weighted by Gasteiger charge is -2.40. The van der Waals surface area contributed by atoms with Crippen molar-refractivity contribution in [3.05, 3.63) is 0 Å². The van der Waals surface area contributed by atoms with Crippen LogP contribution in [0.25, 0.3) is 0 Å². The number of hydrogen-bond acceptors (Lipinski definition) is 4. The second kappa shape index (κ2) is 31.8. The highest BCUT2D eigenvalue weighted by Crippen LogP contribution is 2.25. The summed E-state index contributed by atoms with van der Waals surface area (Å²) in [4.78, 5) is 15.9. The fourth-order valence-corrected chi connectivity index (χ4v) is 7.75. The van der Waals surface area contributed by atoms with Crippen LogP contribution in [0.1, 0.15) is 226 Å². The first-order valence-corrected chi connectivity index (χ1v) is 21.3. The molecule has 274 valence electrons. The lowest BCUT2D eigenvalue weighted by atomic mass is 9.91. The maximum atomic E-state index is 13.6. The number of ketones is 1. The van der Waals surface area contributed by atoms with Crippen LogP contribution in [0.5, 0.6) is 0 Å². The zero-order valence-corrected chi connectivity index (χ0v) is 32.2. The predicted octanol–water partition coefficient (Wildman–Crippen LogP) is 12.3. The van der Waals surface area contributed by atoms with Gasteiger partial charge in [-0.1, -0.05) is 200 Å². The fraction of sp³-hybridized carbons (Fsp3) is 0.976. The Balaban J connectivity index is 2.03. The van der Waals surface area contributed by atoms with Crippen LogP contribution in [0, 0.1) is 0 Å². The number of likely N-dealkylation sites (N-methyl/N-ethyl adjacent to an activating group) is 1. The molecule has 1 fully saturated rings. The molecule has 2 N–H and O–H groups in total. The van der Waals surface area contributed by atoms with E-state index < -0.39 is 5.66 Å². The first kappa shape index (κ1) is 43.6. The van der Waals surface area contributed by atoms with Gasteiger partial charge in [0.15, 0.2) is 5.78 Å². The van der Waals surface area contributed by atoms with Gasteiger partial charge in [-0.15, -0.1) is 0 Å². The van der Waals surface area contributed by atoms with E-state index in [0.29, 0.717) is 12.2 Å². The van der Waals surface area contributed by atoms with Crippen LogP contribution in [0.3, 0.4) is 0 Å². The Morgan fingerprint density at radius 2 is 0.891 bits per heavy atom. The highest BCUT2D eigenvalue weighted by Gasteiger charge is 2.48. The van der Waals surface area contributed by atoms with Crippen LogP contribution in [-0.2, 0) is 4.79 Å². The minimum atomic E-state index is -0.523. The monoisotopic (exact) mass is 648 g/mol. The first-order chi connectivity index (χ1) is 22.6. The number of carbonyl (C=O) groups excluding carboxylic acids is 1. The Morgan fingerprint density at radius 1 is 0.565 bits per heavy atom. The van der Waals surface area contributed by atoms with Crippen LogP contribution in [0.4, 0.5) is 0 Å². The molecule has 1 aliphatic heterocycles. The normalized spacial score (nSPS) is 17.7. The standard InChI is InChI=1S/C42H85N3O/c1-5-7-9-11-13-15-17-19-21-23-25-27-29-31-33-35-37-43-40(3)42(44-38-39-45(42)4)41(46)36-34-32-30-28-26-24-22-20-18-16-14-12-10-8-6-2/h40,43-44H,5-39H2,1-4H3. The molecule has 0 aliphatic carbocycles. The maximum absolute atomic E-state index is 13.6. The zero-order valence-electron chi connectivity index (χ0n) is 32.2. The van der Waals surface area contributed by atoms with Gasteiger partial charge in [-0.25, -0.2) is 0 Å². The first-order valence-electron chi connectivity index (χ1n) is 21.3. The Labute approximate surface area is 290 Å². The van der Waals surface area contributed by atoms with Crippen molar-refractivity contribution in [3.63, 3.8) is 0 Å². The van der Waals surface area contributed by atoms with Crippen LogP contribution in [0.15, 0.2) is 0 Å². The Morgan fingerprint density at radius 3 is 1.22 bits per heavy atom.